The molecule has 0 rings (SSSR count). The average molecular weight is 1140 g/mol. The van der Waals surface area contributed by atoms with Crippen LogP contribution in [0.3, 0.4) is 0 Å². The number of esters is 3. The fourth-order valence-corrected chi connectivity index (χ4v) is 10.9. The first-order chi connectivity index (χ1) is 40.0. The first kappa shape index (κ1) is 78.4. The predicted octanol–water partition coefficient (Wildman–Crippen LogP) is 24.9. The molecule has 0 aromatic rings. The molecule has 0 aliphatic carbocycles. The molecule has 0 N–H and O–H groups in total. The van der Waals surface area contributed by atoms with E-state index in [0.717, 1.165) is 70.6 Å². The molecule has 6 heteroatoms. The first-order valence-corrected chi connectivity index (χ1v) is 36.1. The summed E-state index contributed by atoms with van der Waals surface area (Å²) in [6.45, 7) is 6.67. The Morgan fingerprint density at radius 2 is 0.444 bits per heavy atom. The quantitative estimate of drug-likeness (QED) is 0.0261. The van der Waals surface area contributed by atoms with E-state index in [9.17, 15) is 14.4 Å². The molecule has 0 fully saturated rings. The van der Waals surface area contributed by atoms with E-state index in [0.29, 0.717) is 19.3 Å². The third kappa shape index (κ3) is 68.0. The summed E-state index contributed by atoms with van der Waals surface area (Å²) in [6.07, 6.45) is 88.8. The molecule has 1 atom stereocenters. The highest BCUT2D eigenvalue weighted by atomic mass is 16.6. The van der Waals surface area contributed by atoms with Crippen molar-refractivity contribution >= 4 is 17.9 Å². The molecule has 0 radical (unpaired) electrons. The zero-order chi connectivity index (χ0) is 58.5. The van der Waals surface area contributed by atoms with Gasteiger partial charge in [0, 0.05) is 19.3 Å². The Morgan fingerprint density at radius 1 is 0.247 bits per heavy atom. The van der Waals surface area contributed by atoms with Crippen molar-refractivity contribution in [1.82, 2.24) is 0 Å². The van der Waals surface area contributed by atoms with Crippen LogP contribution in [0.5, 0.6) is 0 Å². The summed E-state index contributed by atoms with van der Waals surface area (Å²) in [4.78, 5) is 38.3. The van der Waals surface area contributed by atoms with Crippen molar-refractivity contribution in [3.05, 3.63) is 48.6 Å². The number of unbranched alkanes of at least 4 members (excludes halogenated alkanes) is 48. The highest BCUT2D eigenvalue weighted by molar-refractivity contribution is 5.71. The van der Waals surface area contributed by atoms with Crippen LogP contribution in [0.25, 0.3) is 0 Å². The van der Waals surface area contributed by atoms with Gasteiger partial charge in [-0.25, -0.2) is 0 Å². The van der Waals surface area contributed by atoms with E-state index < -0.39 is 6.10 Å². The van der Waals surface area contributed by atoms with E-state index in [2.05, 4.69) is 69.4 Å². The van der Waals surface area contributed by atoms with E-state index >= 15 is 0 Å². The second-order valence-corrected chi connectivity index (χ2v) is 24.5. The molecule has 0 amide bonds. The maximum atomic E-state index is 12.9. The largest absolute Gasteiger partial charge is 0.462 e. The summed E-state index contributed by atoms with van der Waals surface area (Å²) in [5.41, 5.74) is 0. The monoisotopic (exact) mass is 1140 g/mol. The van der Waals surface area contributed by atoms with Crippen molar-refractivity contribution < 1.29 is 28.6 Å². The Hall–Kier alpha value is -2.63. The minimum atomic E-state index is -0.770. The molecule has 0 bridgehead atoms. The van der Waals surface area contributed by atoms with Crippen molar-refractivity contribution in [1.29, 1.82) is 0 Å². The molecule has 6 nitrogen and oxygen atoms in total. The number of ether oxygens (including phenoxy) is 3. The molecule has 0 heterocycles. The summed E-state index contributed by atoms with van der Waals surface area (Å²) in [7, 11) is 0. The van der Waals surface area contributed by atoms with Crippen LogP contribution in [0.4, 0.5) is 0 Å². The van der Waals surface area contributed by atoms with Gasteiger partial charge < -0.3 is 14.2 Å². The normalized spacial score (nSPS) is 12.3. The van der Waals surface area contributed by atoms with Crippen LogP contribution in [-0.2, 0) is 28.6 Å². The fourth-order valence-electron chi connectivity index (χ4n) is 10.9. The third-order valence-electron chi connectivity index (χ3n) is 16.3. The van der Waals surface area contributed by atoms with Gasteiger partial charge in [-0.2, -0.15) is 0 Å². The summed E-state index contributed by atoms with van der Waals surface area (Å²) in [5, 5.41) is 0. The maximum absolute atomic E-state index is 12.9. The van der Waals surface area contributed by atoms with Crippen LogP contribution >= 0.6 is 0 Å². The number of allylic oxidation sites excluding steroid dienone is 8. The molecule has 0 saturated heterocycles. The summed E-state index contributed by atoms with van der Waals surface area (Å²) in [6, 6.07) is 0. The number of rotatable bonds is 67. The van der Waals surface area contributed by atoms with E-state index in [1.807, 2.05) is 0 Å². The molecule has 81 heavy (non-hydrogen) atoms. The van der Waals surface area contributed by atoms with E-state index in [-0.39, 0.29) is 31.1 Å². The minimum absolute atomic E-state index is 0.0682. The van der Waals surface area contributed by atoms with E-state index in [4.69, 9.17) is 14.2 Å². The summed E-state index contributed by atoms with van der Waals surface area (Å²) in [5.74, 6) is -0.846. The first-order valence-electron chi connectivity index (χ1n) is 36.1. The molecular formula is C75H138O6. The lowest BCUT2D eigenvalue weighted by Crippen LogP contribution is -2.30. The van der Waals surface area contributed by atoms with Gasteiger partial charge in [-0.15, -0.1) is 0 Å². The fraction of sp³-hybridized carbons (Fsp3) is 0.853. The molecule has 0 spiro atoms. The van der Waals surface area contributed by atoms with Crippen molar-refractivity contribution in [3.8, 4) is 0 Å². The minimum Gasteiger partial charge on any atom is -0.462 e. The van der Waals surface area contributed by atoms with Gasteiger partial charge in [0.05, 0.1) is 0 Å². The van der Waals surface area contributed by atoms with Crippen molar-refractivity contribution in [2.24, 2.45) is 0 Å². The zero-order valence-corrected chi connectivity index (χ0v) is 54.6. The van der Waals surface area contributed by atoms with Crippen LogP contribution in [0.15, 0.2) is 48.6 Å². The molecule has 0 aliphatic heterocycles. The summed E-state index contributed by atoms with van der Waals surface area (Å²) < 4.78 is 16.9. The van der Waals surface area contributed by atoms with Crippen LogP contribution < -0.4 is 0 Å². The second-order valence-electron chi connectivity index (χ2n) is 24.5. The van der Waals surface area contributed by atoms with Crippen molar-refractivity contribution in [2.75, 3.05) is 13.2 Å². The molecular weight excluding hydrogens is 997 g/mol. The van der Waals surface area contributed by atoms with Gasteiger partial charge in [-0.05, 0) is 83.5 Å². The molecule has 0 aromatic heterocycles. The second kappa shape index (κ2) is 69.9. The number of hydrogen-bond acceptors (Lipinski definition) is 6. The topological polar surface area (TPSA) is 78.9 Å². The Kier molecular flexibility index (Phi) is 67.6. The molecule has 474 valence electrons. The molecule has 0 aromatic carbocycles. The third-order valence-corrected chi connectivity index (χ3v) is 16.3. The van der Waals surface area contributed by atoms with Crippen LogP contribution in [0.2, 0.25) is 0 Å². The van der Waals surface area contributed by atoms with Crippen LogP contribution in [0.1, 0.15) is 393 Å². The number of hydrogen-bond donors (Lipinski definition) is 0. The number of carbonyl (C=O) groups excluding carboxylic acids is 3. The zero-order valence-electron chi connectivity index (χ0n) is 54.6. The Bertz CT molecular complexity index is 1400. The van der Waals surface area contributed by atoms with E-state index in [1.165, 1.54) is 283 Å². The van der Waals surface area contributed by atoms with Gasteiger partial charge in [-0.3, -0.25) is 14.4 Å². The summed E-state index contributed by atoms with van der Waals surface area (Å²) >= 11 is 0. The van der Waals surface area contributed by atoms with Crippen LogP contribution in [-0.4, -0.2) is 37.2 Å². The highest BCUT2D eigenvalue weighted by Gasteiger charge is 2.19. The van der Waals surface area contributed by atoms with Crippen LogP contribution in [0, 0.1) is 0 Å². The lowest BCUT2D eigenvalue weighted by molar-refractivity contribution is -0.167. The van der Waals surface area contributed by atoms with Gasteiger partial charge in [0.2, 0.25) is 0 Å². The predicted molar refractivity (Wildman–Crippen MR) is 353 cm³/mol. The molecule has 0 aliphatic rings. The molecule has 1 unspecified atom stereocenters. The van der Waals surface area contributed by atoms with Crippen molar-refractivity contribution in [2.45, 2.75) is 399 Å². The SMILES string of the molecule is CCCCCCC/C=C\C/C=C\C/C=C\CCCCCCCCCCCCCCCCCCC(=O)OCC(COC(=O)CCCCCCCCCCC)OC(=O)CCCCCCCCCCCCC/C=C\CCCCCCCCCC. The average Bonchev–Trinajstić information content (AvgIpc) is 3.47. The standard InChI is InChI=1S/C75H138O6/c1-4-7-10-13-16-19-21-23-25-27-29-31-33-34-35-36-37-38-39-40-42-43-45-47-49-51-53-56-59-62-65-68-74(77)80-71-72(70-79-73(76)67-64-61-58-55-18-15-12-9-6-3)81-75(78)69-66-63-60-57-54-52-50-48-46-44-41-32-30-28-26-24-22-20-17-14-11-8-5-2/h21,23,27-30,33-34,72H,4-20,22,24-26,31-32,35-71H2,1-3H3/b23-21-,29-27-,30-28-,34-33-. The Labute approximate surface area is 505 Å². The lowest BCUT2D eigenvalue weighted by atomic mass is 10.0. The Balaban J connectivity index is 4.09. The van der Waals surface area contributed by atoms with Gasteiger partial charge >= 0.3 is 17.9 Å². The van der Waals surface area contributed by atoms with Gasteiger partial charge in [0.25, 0.3) is 0 Å². The number of carbonyl (C=O) groups is 3. The maximum Gasteiger partial charge on any atom is 0.306 e. The van der Waals surface area contributed by atoms with Gasteiger partial charge in [-0.1, -0.05) is 339 Å². The smallest absolute Gasteiger partial charge is 0.306 e. The molecule has 0 saturated carbocycles. The van der Waals surface area contributed by atoms with E-state index in [1.54, 1.807) is 0 Å². The lowest BCUT2D eigenvalue weighted by Gasteiger charge is -2.18. The van der Waals surface area contributed by atoms with Gasteiger partial charge in [0.15, 0.2) is 6.10 Å². The highest BCUT2D eigenvalue weighted by Crippen LogP contribution is 2.18. The Morgan fingerprint density at radius 3 is 0.704 bits per heavy atom. The van der Waals surface area contributed by atoms with Crippen molar-refractivity contribution in [3.63, 3.8) is 0 Å². The van der Waals surface area contributed by atoms with Gasteiger partial charge in [0.1, 0.15) is 13.2 Å².